The second-order valence-corrected chi connectivity index (χ2v) is 4.75. The highest BCUT2D eigenvalue weighted by molar-refractivity contribution is 9.10. The number of nitrogens with zero attached hydrogens (tertiary/aromatic N) is 3. The first kappa shape index (κ1) is 12.4. The van der Waals surface area contributed by atoms with E-state index in [9.17, 15) is 0 Å². The van der Waals surface area contributed by atoms with Gasteiger partial charge >= 0.3 is 0 Å². The molecule has 2 aromatic heterocycles. The normalized spacial score (nSPS) is 10.9. The zero-order chi connectivity index (χ0) is 12.1. The van der Waals surface area contributed by atoms with Gasteiger partial charge in [-0.3, -0.25) is 4.40 Å². The summed E-state index contributed by atoms with van der Waals surface area (Å²) in [6.45, 7) is 2.90. The first-order valence-electron chi connectivity index (χ1n) is 5.93. The second-order valence-electron chi connectivity index (χ2n) is 3.94. The molecule has 4 nitrogen and oxygen atoms in total. The van der Waals surface area contributed by atoms with Gasteiger partial charge in [0.15, 0.2) is 0 Å². The van der Waals surface area contributed by atoms with E-state index >= 15 is 0 Å². The molecule has 2 heterocycles. The van der Waals surface area contributed by atoms with Crippen LogP contribution < -0.4 is 4.74 Å². The van der Waals surface area contributed by atoms with E-state index in [1.54, 1.807) is 6.20 Å². The van der Waals surface area contributed by atoms with Gasteiger partial charge in [-0.25, -0.2) is 9.97 Å². The van der Waals surface area contributed by atoms with Crippen LogP contribution in [0.25, 0.3) is 5.65 Å². The van der Waals surface area contributed by atoms with E-state index in [0.717, 1.165) is 16.7 Å². The van der Waals surface area contributed by atoms with Crippen LogP contribution in [0.2, 0.25) is 0 Å². The number of imidazole rings is 1. The van der Waals surface area contributed by atoms with Crippen molar-refractivity contribution in [1.29, 1.82) is 0 Å². The molecular weight excluding hydrogens is 282 g/mol. The first-order valence-corrected chi connectivity index (χ1v) is 6.72. The standard InChI is InChI=1S/C12H16BrN3O/c1-2-3-4-5-8-17-12-11-14-6-7-16(11)9-10(13)15-12/h6-7,9H,2-5,8H2,1H3. The molecule has 0 saturated heterocycles. The third kappa shape index (κ3) is 3.19. The Kier molecular flexibility index (Phi) is 4.36. The molecule has 0 amide bonds. The van der Waals surface area contributed by atoms with E-state index in [1.165, 1.54) is 19.3 Å². The summed E-state index contributed by atoms with van der Waals surface area (Å²) in [7, 11) is 0. The summed E-state index contributed by atoms with van der Waals surface area (Å²) < 4.78 is 8.34. The fourth-order valence-electron chi connectivity index (χ4n) is 1.67. The largest absolute Gasteiger partial charge is 0.475 e. The smallest absolute Gasteiger partial charge is 0.259 e. The van der Waals surface area contributed by atoms with Crippen molar-refractivity contribution in [2.75, 3.05) is 6.61 Å². The molecule has 0 aliphatic carbocycles. The molecular formula is C12H16BrN3O. The van der Waals surface area contributed by atoms with Gasteiger partial charge in [-0.2, -0.15) is 0 Å². The lowest BCUT2D eigenvalue weighted by atomic mass is 10.2. The van der Waals surface area contributed by atoms with Crippen molar-refractivity contribution in [3.05, 3.63) is 23.2 Å². The molecule has 0 radical (unpaired) electrons. The predicted molar refractivity (Wildman–Crippen MR) is 70.3 cm³/mol. The predicted octanol–water partition coefficient (Wildman–Crippen LogP) is 3.45. The molecule has 5 heteroatoms. The van der Waals surface area contributed by atoms with Crippen LogP contribution in [0.5, 0.6) is 5.88 Å². The Morgan fingerprint density at radius 2 is 2.24 bits per heavy atom. The molecule has 0 aromatic carbocycles. The van der Waals surface area contributed by atoms with Gasteiger partial charge in [-0.05, 0) is 22.4 Å². The van der Waals surface area contributed by atoms with Crippen LogP contribution in [0.1, 0.15) is 32.6 Å². The number of hydrogen-bond acceptors (Lipinski definition) is 3. The maximum Gasteiger partial charge on any atom is 0.259 e. The van der Waals surface area contributed by atoms with Crippen molar-refractivity contribution in [2.24, 2.45) is 0 Å². The van der Waals surface area contributed by atoms with Crippen LogP contribution in [-0.2, 0) is 0 Å². The number of halogens is 1. The Bertz CT molecular complexity index is 484. The van der Waals surface area contributed by atoms with Crippen LogP contribution >= 0.6 is 15.9 Å². The van der Waals surface area contributed by atoms with Crippen molar-refractivity contribution >= 4 is 21.6 Å². The molecule has 0 aliphatic rings. The number of unbranched alkanes of at least 4 members (excludes halogenated alkanes) is 3. The second kappa shape index (κ2) is 6.00. The summed E-state index contributed by atoms with van der Waals surface area (Å²) in [5, 5.41) is 0. The summed E-state index contributed by atoms with van der Waals surface area (Å²) >= 11 is 3.36. The topological polar surface area (TPSA) is 39.4 Å². The van der Waals surface area contributed by atoms with Crippen LogP contribution in [0.4, 0.5) is 0 Å². The third-order valence-corrected chi connectivity index (χ3v) is 2.93. The van der Waals surface area contributed by atoms with Gasteiger partial charge in [0, 0.05) is 18.6 Å². The van der Waals surface area contributed by atoms with Crippen LogP contribution in [0, 0.1) is 0 Å². The van der Waals surface area contributed by atoms with E-state index in [4.69, 9.17) is 4.74 Å². The monoisotopic (exact) mass is 297 g/mol. The molecule has 92 valence electrons. The van der Waals surface area contributed by atoms with Crippen LogP contribution in [-0.4, -0.2) is 21.0 Å². The van der Waals surface area contributed by atoms with Gasteiger partial charge < -0.3 is 4.74 Å². The first-order chi connectivity index (χ1) is 8.31. The minimum absolute atomic E-state index is 0.598. The number of aromatic nitrogens is 3. The zero-order valence-corrected chi connectivity index (χ0v) is 11.5. The average Bonchev–Trinajstić information content (AvgIpc) is 2.76. The molecule has 0 aliphatic heterocycles. The summed E-state index contributed by atoms with van der Waals surface area (Å²) in [5.41, 5.74) is 0.767. The van der Waals surface area contributed by atoms with Gasteiger partial charge in [-0.1, -0.05) is 26.2 Å². The van der Waals surface area contributed by atoms with Gasteiger partial charge in [0.2, 0.25) is 5.65 Å². The minimum atomic E-state index is 0.598. The van der Waals surface area contributed by atoms with Crippen molar-refractivity contribution in [2.45, 2.75) is 32.6 Å². The Morgan fingerprint density at radius 1 is 1.35 bits per heavy atom. The number of fused-ring (bicyclic) bond motifs is 1. The third-order valence-electron chi connectivity index (χ3n) is 2.55. The number of ether oxygens (including phenoxy) is 1. The maximum atomic E-state index is 5.68. The summed E-state index contributed by atoms with van der Waals surface area (Å²) in [5.74, 6) is 0.598. The number of hydrogen-bond donors (Lipinski definition) is 0. The van der Waals surface area contributed by atoms with Crippen molar-refractivity contribution in [3.8, 4) is 5.88 Å². The summed E-state index contributed by atoms with van der Waals surface area (Å²) in [4.78, 5) is 8.53. The van der Waals surface area contributed by atoms with E-state index in [-0.39, 0.29) is 0 Å². The molecule has 0 saturated carbocycles. The molecule has 2 aromatic rings. The molecule has 0 N–H and O–H groups in total. The highest BCUT2D eigenvalue weighted by Crippen LogP contribution is 2.19. The summed E-state index contributed by atoms with van der Waals surface area (Å²) in [6, 6.07) is 0. The van der Waals surface area contributed by atoms with Crippen molar-refractivity contribution in [3.63, 3.8) is 0 Å². The highest BCUT2D eigenvalue weighted by atomic mass is 79.9. The zero-order valence-electron chi connectivity index (χ0n) is 9.90. The van der Waals surface area contributed by atoms with Crippen molar-refractivity contribution in [1.82, 2.24) is 14.4 Å². The lowest BCUT2D eigenvalue weighted by Gasteiger charge is -2.06. The molecule has 0 fully saturated rings. The van der Waals surface area contributed by atoms with Gasteiger partial charge in [0.25, 0.3) is 5.88 Å². The Hall–Kier alpha value is -1.10. The molecule has 0 atom stereocenters. The van der Waals surface area contributed by atoms with Crippen LogP contribution in [0.15, 0.2) is 23.2 Å². The Morgan fingerprint density at radius 3 is 3.06 bits per heavy atom. The highest BCUT2D eigenvalue weighted by Gasteiger charge is 2.07. The fourth-order valence-corrected chi connectivity index (χ4v) is 2.05. The van der Waals surface area contributed by atoms with Gasteiger partial charge in [-0.15, -0.1) is 0 Å². The van der Waals surface area contributed by atoms with E-state index in [2.05, 4.69) is 32.8 Å². The number of rotatable bonds is 6. The average molecular weight is 298 g/mol. The van der Waals surface area contributed by atoms with Crippen molar-refractivity contribution < 1.29 is 4.74 Å². The minimum Gasteiger partial charge on any atom is -0.475 e. The summed E-state index contributed by atoms with van der Waals surface area (Å²) in [6.07, 6.45) is 10.3. The van der Waals surface area contributed by atoms with Gasteiger partial charge in [0.05, 0.1) is 6.61 Å². The molecule has 2 rings (SSSR count). The van der Waals surface area contributed by atoms with Gasteiger partial charge in [0.1, 0.15) is 4.60 Å². The Balaban J connectivity index is 2.00. The van der Waals surface area contributed by atoms with E-state index in [0.29, 0.717) is 12.5 Å². The van der Waals surface area contributed by atoms with E-state index < -0.39 is 0 Å². The molecule has 0 unspecified atom stereocenters. The van der Waals surface area contributed by atoms with E-state index in [1.807, 2.05) is 16.8 Å². The SMILES string of the molecule is CCCCCCOc1nc(Br)cn2ccnc12. The lowest BCUT2D eigenvalue weighted by Crippen LogP contribution is -2.02. The van der Waals surface area contributed by atoms with Crippen LogP contribution in [0.3, 0.4) is 0 Å². The maximum absolute atomic E-state index is 5.68. The quantitative estimate of drug-likeness (QED) is 0.767. The molecule has 17 heavy (non-hydrogen) atoms. The molecule has 0 bridgehead atoms. The Labute approximate surface area is 109 Å². The molecule has 0 spiro atoms. The fraction of sp³-hybridized carbons (Fsp3) is 0.500. The lowest BCUT2D eigenvalue weighted by molar-refractivity contribution is 0.295.